The Morgan fingerprint density at radius 2 is 2.31 bits per heavy atom. The number of pyridine rings is 1. The maximum atomic E-state index is 5.87. The third-order valence-electron chi connectivity index (χ3n) is 2.55. The maximum Gasteiger partial charge on any atom is 0.157 e. The second kappa shape index (κ2) is 4.70. The molecule has 1 atom stereocenters. The molecule has 0 saturated carbocycles. The highest BCUT2D eigenvalue weighted by molar-refractivity contribution is 6.18. The number of nitrogens with zero attached hydrogens (tertiary/aromatic N) is 3. The Labute approximate surface area is 99.6 Å². The number of hydrogen-bond donors (Lipinski definition) is 1. The van der Waals surface area contributed by atoms with E-state index in [9.17, 15) is 0 Å². The van der Waals surface area contributed by atoms with Crippen molar-refractivity contribution < 1.29 is 0 Å². The van der Waals surface area contributed by atoms with Gasteiger partial charge in [0.15, 0.2) is 5.65 Å². The maximum absolute atomic E-state index is 5.87. The number of hydrogen-bond acceptors (Lipinski definition) is 3. The minimum atomic E-state index is 0.260. The number of halogens is 1. The summed E-state index contributed by atoms with van der Waals surface area (Å²) in [4.78, 5) is 4.18. The van der Waals surface area contributed by atoms with Gasteiger partial charge in [0.2, 0.25) is 0 Å². The van der Waals surface area contributed by atoms with Crippen LogP contribution in [0.2, 0.25) is 0 Å². The Kier molecular flexibility index (Phi) is 3.29. The molecule has 0 spiro atoms. The quantitative estimate of drug-likeness (QED) is 0.833. The molecule has 2 rings (SSSR count). The Bertz CT molecular complexity index is 476. The van der Waals surface area contributed by atoms with Crippen LogP contribution in [0.25, 0.3) is 5.65 Å². The number of rotatable bonds is 4. The van der Waals surface area contributed by atoms with Crippen LogP contribution < -0.4 is 5.32 Å². The molecule has 0 aliphatic heterocycles. The predicted molar refractivity (Wildman–Crippen MR) is 66.1 cm³/mol. The van der Waals surface area contributed by atoms with E-state index in [1.807, 2.05) is 13.0 Å². The summed E-state index contributed by atoms with van der Waals surface area (Å²) >= 11 is 5.87. The Hall–Kier alpha value is -1.29. The molecule has 1 unspecified atom stereocenters. The normalized spacial score (nSPS) is 12.9. The first kappa shape index (κ1) is 11.2. The van der Waals surface area contributed by atoms with Crippen molar-refractivity contribution in [3.8, 4) is 0 Å². The number of alkyl halides is 1. The second-order valence-corrected chi connectivity index (χ2v) is 4.16. The average molecular weight is 239 g/mol. The van der Waals surface area contributed by atoms with Crippen molar-refractivity contribution in [3.63, 3.8) is 0 Å². The Morgan fingerprint density at radius 1 is 1.50 bits per heavy atom. The van der Waals surface area contributed by atoms with Crippen molar-refractivity contribution in [2.24, 2.45) is 0 Å². The second-order valence-electron chi connectivity index (χ2n) is 3.85. The standard InChI is InChI=1S/C11H15ClN4/c1-3-9(6-12)15-11-5-8(2)4-10-13-7-14-16(10)11/h4-5,7,9,15H,3,6H2,1-2H3. The fourth-order valence-corrected chi connectivity index (χ4v) is 1.91. The van der Waals surface area contributed by atoms with E-state index in [4.69, 9.17) is 11.6 Å². The largest absolute Gasteiger partial charge is 0.366 e. The minimum absolute atomic E-state index is 0.260. The molecular formula is C11H15ClN4. The first-order valence-electron chi connectivity index (χ1n) is 5.37. The topological polar surface area (TPSA) is 42.2 Å². The van der Waals surface area contributed by atoms with Gasteiger partial charge in [-0.15, -0.1) is 11.6 Å². The molecule has 0 aliphatic rings. The molecule has 2 heterocycles. The van der Waals surface area contributed by atoms with Crippen LogP contribution in [0.3, 0.4) is 0 Å². The summed E-state index contributed by atoms with van der Waals surface area (Å²) in [6.45, 7) is 4.15. The van der Waals surface area contributed by atoms with E-state index in [-0.39, 0.29) is 6.04 Å². The summed E-state index contributed by atoms with van der Waals surface area (Å²) in [5.41, 5.74) is 2.01. The average Bonchev–Trinajstić information content (AvgIpc) is 2.73. The molecular weight excluding hydrogens is 224 g/mol. The van der Waals surface area contributed by atoms with E-state index in [1.54, 1.807) is 10.8 Å². The lowest BCUT2D eigenvalue weighted by molar-refractivity contribution is 0.756. The summed E-state index contributed by atoms with van der Waals surface area (Å²) in [5, 5.41) is 7.56. The minimum Gasteiger partial charge on any atom is -0.366 e. The molecule has 0 fully saturated rings. The molecule has 0 bridgehead atoms. The van der Waals surface area contributed by atoms with Crippen LogP contribution in [0.5, 0.6) is 0 Å². The van der Waals surface area contributed by atoms with Gasteiger partial charge in [-0.25, -0.2) is 4.98 Å². The van der Waals surface area contributed by atoms with Crippen LogP contribution in [0.15, 0.2) is 18.5 Å². The molecule has 0 aromatic carbocycles. The zero-order valence-corrected chi connectivity index (χ0v) is 10.2. The van der Waals surface area contributed by atoms with Crippen LogP contribution in [-0.2, 0) is 0 Å². The van der Waals surface area contributed by atoms with Gasteiger partial charge in [0.1, 0.15) is 12.1 Å². The van der Waals surface area contributed by atoms with E-state index >= 15 is 0 Å². The number of anilines is 1. The molecule has 86 valence electrons. The van der Waals surface area contributed by atoms with Crippen molar-refractivity contribution in [2.75, 3.05) is 11.2 Å². The molecule has 1 N–H and O–H groups in total. The summed E-state index contributed by atoms with van der Waals surface area (Å²) in [7, 11) is 0. The SMILES string of the molecule is CCC(CCl)Nc1cc(C)cc2ncnn12. The van der Waals surface area contributed by atoms with E-state index in [0.29, 0.717) is 5.88 Å². The highest BCUT2D eigenvalue weighted by Crippen LogP contribution is 2.15. The lowest BCUT2D eigenvalue weighted by Gasteiger charge is -2.16. The van der Waals surface area contributed by atoms with Crippen LogP contribution >= 0.6 is 11.6 Å². The summed E-state index contributed by atoms with van der Waals surface area (Å²) < 4.78 is 1.79. The molecule has 2 aromatic rings. The molecule has 4 nitrogen and oxygen atoms in total. The smallest absolute Gasteiger partial charge is 0.157 e. The van der Waals surface area contributed by atoms with Gasteiger partial charge in [-0.05, 0) is 31.0 Å². The fraction of sp³-hybridized carbons (Fsp3) is 0.455. The van der Waals surface area contributed by atoms with E-state index in [0.717, 1.165) is 23.4 Å². The highest BCUT2D eigenvalue weighted by atomic mass is 35.5. The van der Waals surface area contributed by atoms with Gasteiger partial charge in [-0.2, -0.15) is 9.61 Å². The zero-order chi connectivity index (χ0) is 11.5. The van der Waals surface area contributed by atoms with Gasteiger partial charge in [0, 0.05) is 11.9 Å². The molecule has 0 amide bonds. The van der Waals surface area contributed by atoms with Gasteiger partial charge >= 0.3 is 0 Å². The Morgan fingerprint density at radius 3 is 3.00 bits per heavy atom. The summed E-state index contributed by atoms with van der Waals surface area (Å²) in [5.74, 6) is 1.53. The van der Waals surface area contributed by atoms with Crippen molar-refractivity contribution in [1.82, 2.24) is 14.6 Å². The van der Waals surface area contributed by atoms with Crippen molar-refractivity contribution in [1.29, 1.82) is 0 Å². The van der Waals surface area contributed by atoms with Crippen molar-refractivity contribution in [3.05, 3.63) is 24.0 Å². The first-order chi connectivity index (χ1) is 7.74. The monoisotopic (exact) mass is 238 g/mol. The van der Waals surface area contributed by atoms with Gasteiger partial charge in [-0.1, -0.05) is 6.92 Å². The predicted octanol–water partition coefficient (Wildman–Crippen LogP) is 2.47. The summed E-state index contributed by atoms with van der Waals surface area (Å²) in [6.07, 6.45) is 2.54. The van der Waals surface area contributed by atoms with Crippen LogP contribution in [0, 0.1) is 6.92 Å². The van der Waals surface area contributed by atoms with E-state index < -0.39 is 0 Å². The van der Waals surface area contributed by atoms with Gasteiger partial charge < -0.3 is 5.32 Å². The lowest BCUT2D eigenvalue weighted by Crippen LogP contribution is -2.22. The Balaban J connectivity index is 2.38. The van der Waals surface area contributed by atoms with E-state index in [2.05, 4.69) is 28.4 Å². The van der Waals surface area contributed by atoms with Gasteiger partial charge in [0.05, 0.1) is 0 Å². The molecule has 0 radical (unpaired) electrons. The van der Waals surface area contributed by atoms with Gasteiger partial charge in [0.25, 0.3) is 0 Å². The van der Waals surface area contributed by atoms with Gasteiger partial charge in [-0.3, -0.25) is 0 Å². The third-order valence-corrected chi connectivity index (χ3v) is 2.93. The first-order valence-corrected chi connectivity index (χ1v) is 5.91. The van der Waals surface area contributed by atoms with Crippen LogP contribution in [-0.4, -0.2) is 26.5 Å². The molecule has 5 heteroatoms. The van der Waals surface area contributed by atoms with E-state index in [1.165, 1.54) is 0 Å². The van der Waals surface area contributed by atoms with Crippen LogP contribution in [0.1, 0.15) is 18.9 Å². The number of nitrogens with one attached hydrogen (secondary N) is 1. The van der Waals surface area contributed by atoms with Crippen molar-refractivity contribution >= 4 is 23.1 Å². The number of aryl methyl sites for hydroxylation is 1. The molecule has 16 heavy (non-hydrogen) atoms. The molecule has 0 aliphatic carbocycles. The molecule has 0 saturated heterocycles. The fourth-order valence-electron chi connectivity index (χ4n) is 1.62. The van der Waals surface area contributed by atoms with Crippen molar-refractivity contribution in [2.45, 2.75) is 26.3 Å². The highest BCUT2D eigenvalue weighted by Gasteiger charge is 2.08. The number of aromatic nitrogens is 3. The van der Waals surface area contributed by atoms with Crippen LogP contribution in [0.4, 0.5) is 5.82 Å². The third kappa shape index (κ3) is 2.11. The number of fused-ring (bicyclic) bond motifs is 1. The lowest BCUT2D eigenvalue weighted by atomic mass is 10.2. The zero-order valence-electron chi connectivity index (χ0n) is 9.44. The summed E-state index contributed by atoms with van der Waals surface area (Å²) in [6, 6.07) is 4.31. The molecule has 2 aromatic heterocycles.